The Kier molecular flexibility index (Phi) is 1.91. The molecule has 1 fully saturated rings. The molecule has 13 heavy (non-hydrogen) atoms. The molecule has 1 spiro atoms. The monoisotopic (exact) mass is 180 g/mol. The molecule has 2 aliphatic rings. The van der Waals surface area contributed by atoms with Gasteiger partial charge in [0.25, 0.3) is 0 Å². The molecule has 0 unspecified atom stereocenters. The SMILES string of the molecule is CC1=C(C)C2(CCNCC2)C(=O)N1. The molecular formula is C10H16N2O. The van der Waals surface area contributed by atoms with Crippen LogP contribution in [0.3, 0.4) is 0 Å². The largest absolute Gasteiger partial charge is 0.329 e. The fourth-order valence-corrected chi connectivity index (χ4v) is 2.37. The smallest absolute Gasteiger partial charge is 0.234 e. The van der Waals surface area contributed by atoms with E-state index in [1.54, 1.807) is 0 Å². The lowest BCUT2D eigenvalue weighted by Crippen LogP contribution is -2.43. The normalized spacial score (nSPS) is 26.8. The van der Waals surface area contributed by atoms with Crippen LogP contribution in [-0.2, 0) is 4.79 Å². The van der Waals surface area contributed by atoms with Gasteiger partial charge in [-0.2, -0.15) is 0 Å². The van der Waals surface area contributed by atoms with Crippen molar-refractivity contribution in [2.45, 2.75) is 26.7 Å². The van der Waals surface area contributed by atoms with Crippen LogP contribution >= 0.6 is 0 Å². The molecule has 1 saturated heterocycles. The fourth-order valence-electron chi connectivity index (χ4n) is 2.37. The van der Waals surface area contributed by atoms with Gasteiger partial charge in [0.2, 0.25) is 5.91 Å². The van der Waals surface area contributed by atoms with Gasteiger partial charge >= 0.3 is 0 Å². The Morgan fingerprint density at radius 3 is 2.31 bits per heavy atom. The quantitative estimate of drug-likeness (QED) is 0.578. The van der Waals surface area contributed by atoms with E-state index in [1.807, 2.05) is 6.92 Å². The van der Waals surface area contributed by atoms with E-state index in [0.29, 0.717) is 0 Å². The second kappa shape index (κ2) is 2.84. The zero-order chi connectivity index (χ0) is 9.47. The maximum Gasteiger partial charge on any atom is 0.234 e. The first-order valence-electron chi connectivity index (χ1n) is 4.87. The first kappa shape index (κ1) is 8.75. The molecule has 0 bridgehead atoms. The van der Waals surface area contributed by atoms with Crippen molar-refractivity contribution in [1.82, 2.24) is 10.6 Å². The van der Waals surface area contributed by atoms with Crippen LogP contribution in [-0.4, -0.2) is 19.0 Å². The highest BCUT2D eigenvalue weighted by Crippen LogP contribution is 2.41. The van der Waals surface area contributed by atoms with Crippen molar-refractivity contribution in [1.29, 1.82) is 0 Å². The van der Waals surface area contributed by atoms with Gasteiger partial charge in [-0.05, 0) is 45.4 Å². The van der Waals surface area contributed by atoms with Crippen molar-refractivity contribution in [3.05, 3.63) is 11.3 Å². The zero-order valence-corrected chi connectivity index (χ0v) is 8.24. The van der Waals surface area contributed by atoms with Crippen LogP contribution in [0.15, 0.2) is 11.3 Å². The van der Waals surface area contributed by atoms with Crippen LogP contribution < -0.4 is 10.6 Å². The van der Waals surface area contributed by atoms with Crippen molar-refractivity contribution in [3.8, 4) is 0 Å². The molecule has 2 N–H and O–H groups in total. The van der Waals surface area contributed by atoms with Gasteiger partial charge in [0.05, 0.1) is 5.41 Å². The Hall–Kier alpha value is -0.830. The summed E-state index contributed by atoms with van der Waals surface area (Å²) in [5, 5.41) is 6.23. The molecule has 2 rings (SSSR count). The summed E-state index contributed by atoms with van der Waals surface area (Å²) in [7, 11) is 0. The molecule has 2 aliphatic heterocycles. The minimum atomic E-state index is -0.171. The Bertz CT molecular complexity index is 275. The summed E-state index contributed by atoms with van der Waals surface area (Å²) < 4.78 is 0. The van der Waals surface area contributed by atoms with Gasteiger partial charge in [-0.25, -0.2) is 0 Å². The predicted octanol–water partition coefficient (Wildman–Crippen LogP) is 0.780. The number of allylic oxidation sites excluding steroid dienone is 1. The number of piperidine rings is 1. The molecule has 0 aromatic heterocycles. The number of nitrogens with one attached hydrogen (secondary N) is 2. The van der Waals surface area contributed by atoms with Gasteiger partial charge in [0, 0.05) is 5.70 Å². The number of amides is 1. The lowest BCUT2D eigenvalue weighted by Gasteiger charge is -2.32. The second-order valence-electron chi connectivity index (χ2n) is 4.04. The number of carbonyl (C=O) groups excluding carboxylic acids is 1. The standard InChI is InChI=1S/C10H16N2O/c1-7-8(2)12-9(13)10(7)3-5-11-6-4-10/h11H,3-6H2,1-2H3,(H,12,13). The molecule has 3 heteroatoms. The molecule has 0 saturated carbocycles. The van der Waals surface area contributed by atoms with Crippen LogP contribution in [0.1, 0.15) is 26.7 Å². The van der Waals surface area contributed by atoms with E-state index in [9.17, 15) is 4.79 Å². The van der Waals surface area contributed by atoms with E-state index in [-0.39, 0.29) is 11.3 Å². The van der Waals surface area contributed by atoms with E-state index < -0.39 is 0 Å². The summed E-state index contributed by atoms with van der Waals surface area (Å²) in [4.78, 5) is 11.8. The predicted molar refractivity (Wildman–Crippen MR) is 51.1 cm³/mol. The van der Waals surface area contributed by atoms with Gasteiger partial charge in [-0.3, -0.25) is 4.79 Å². The maximum atomic E-state index is 11.8. The highest BCUT2D eigenvalue weighted by atomic mass is 16.2. The third-order valence-corrected chi connectivity index (χ3v) is 3.47. The van der Waals surface area contributed by atoms with Crippen LogP contribution in [0.25, 0.3) is 0 Å². The van der Waals surface area contributed by atoms with Crippen molar-refractivity contribution >= 4 is 5.91 Å². The molecule has 1 amide bonds. The van der Waals surface area contributed by atoms with E-state index in [0.717, 1.165) is 31.6 Å². The van der Waals surface area contributed by atoms with E-state index >= 15 is 0 Å². The summed E-state index contributed by atoms with van der Waals surface area (Å²) in [5.41, 5.74) is 2.14. The van der Waals surface area contributed by atoms with Gasteiger partial charge in [0.1, 0.15) is 0 Å². The van der Waals surface area contributed by atoms with Crippen LogP contribution in [0.2, 0.25) is 0 Å². The minimum Gasteiger partial charge on any atom is -0.329 e. The third-order valence-electron chi connectivity index (χ3n) is 3.47. The molecule has 0 aromatic carbocycles. The maximum absolute atomic E-state index is 11.8. The van der Waals surface area contributed by atoms with E-state index in [4.69, 9.17) is 0 Å². The highest BCUT2D eigenvalue weighted by Gasteiger charge is 2.45. The van der Waals surface area contributed by atoms with Crippen molar-refractivity contribution in [3.63, 3.8) is 0 Å². The number of hydrogen-bond acceptors (Lipinski definition) is 2. The lowest BCUT2D eigenvalue weighted by molar-refractivity contribution is -0.128. The minimum absolute atomic E-state index is 0.171. The first-order chi connectivity index (χ1) is 6.17. The topological polar surface area (TPSA) is 41.1 Å². The average molecular weight is 180 g/mol. The molecule has 0 radical (unpaired) electrons. The van der Waals surface area contributed by atoms with Crippen LogP contribution in [0, 0.1) is 5.41 Å². The first-order valence-corrected chi connectivity index (χ1v) is 4.87. The van der Waals surface area contributed by atoms with Crippen LogP contribution in [0.5, 0.6) is 0 Å². The van der Waals surface area contributed by atoms with E-state index in [2.05, 4.69) is 17.6 Å². The Morgan fingerprint density at radius 1 is 1.23 bits per heavy atom. The fraction of sp³-hybridized carbons (Fsp3) is 0.700. The summed E-state index contributed by atoms with van der Waals surface area (Å²) >= 11 is 0. The highest BCUT2D eigenvalue weighted by molar-refractivity contribution is 5.90. The molecule has 0 aromatic rings. The molecule has 0 atom stereocenters. The molecule has 3 nitrogen and oxygen atoms in total. The molecule has 0 aliphatic carbocycles. The molecule has 2 heterocycles. The van der Waals surface area contributed by atoms with Crippen molar-refractivity contribution < 1.29 is 4.79 Å². The summed E-state index contributed by atoms with van der Waals surface area (Å²) in [5.74, 6) is 0.212. The Labute approximate surface area is 78.6 Å². The summed E-state index contributed by atoms with van der Waals surface area (Å²) in [6, 6.07) is 0. The van der Waals surface area contributed by atoms with E-state index in [1.165, 1.54) is 5.57 Å². The van der Waals surface area contributed by atoms with Gasteiger partial charge in [-0.1, -0.05) is 0 Å². The lowest BCUT2D eigenvalue weighted by atomic mass is 9.74. The van der Waals surface area contributed by atoms with Gasteiger partial charge in [0.15, 0.2) is 0 Å². The van der Waals surface area contributed by atoms with Gasteiger partial charge in [-0.15, -0.1) is 0 Å². The van der Waals surface area contributed by atoms with Crippen molar-refractivity contribution in [2.75, 3.05) is 13.1 Å². The number of hydrogen-bond donors (Lipinski definition) is 2. The van der Waals surface area contributed by atoms with Gasteiger partial charge < -0.3 is 10.6 Å². The Morgan fingerprint density at radius 2 is 1.85 bits per heavy atom. The second-order valence-corrected chi connectivity index (χ2v) is 4.04. The Balaban J connectivity index is 2.34. The summed E-state index contributed by atoms with van der Waals surface area (Å²) in [6.07, 6.45) is 1.89. The molecular weight excluding hydrogens is 164 g/mol. The number of carbonyl (C=O) groups is 1. The van der Waals surface area contributed by atoms with Crippen molar-refractivity contribution in [2.24, 2.45) is 5.41 Å². The average Bonchev–Trinajstić information content (AvgIpc) is 2.34. The van der Waals surface area contributed by atoms with Crippen LogP contribution in [0.4, 0.5) is 0 Å². The zero-order valence-electron chi connectivity index (χ0n) is 8.24. The third kappa shape index (κ3) is 1.10. The molecule has 72 valence electrons. The number of rotatable bonds is 0. The summed E-state index contributed by atoms with van der Waals surface area (Å²) in [6.45, 7) is 5.98.